The van der Waals surface area contributed by atoms with Gasteiger partial charge in [-0.2, -0.15) is 0 Å². The van der Waals surface area contributed by atoms with Crippen molar-refractivity contribution in [2.75, 3.05) is 5.32 Å². The van der Waals surface area contributed by atoms with Gasteiger partial charge in [-0.05, 0) is 35.7 Å². The predicted octanol–water partition coefficient (Wildman–Crippen LogP) is 3.00. The van der Waals surface area contributed by atoms with E-state index in [0.29, 0.717) is 15.2 Å². The van der Waals surface area contributed by atoms with E-state index in [1.165, 1.54) is 6.20 Å². The number of amides is 1. The van der Waals surface area contributed by atoms with Crippen LogP contribution >= 0.6 is 27.5 Å². The Morgan fingerprint density at radius 2 is 2.35 bits per heavy atom. The summed E-state index contributed by atoms with van der Waals surface area (Å²) in [6.45, 7) is 1.96. The van der Waals surface area contributed by atoms with Gasteiger partial charge in [0, 0.05) is 6.20 Å². The molecule has 17 heavy (non-hydrogen) atoms. The van der Waals surface area contributed by atoms with E-state index >= 15 is 0 Å². The number of aromatic nitrogens is 1. The summed E-state index contributed by atoms with van der Waals surface area (Å²) in [7, 11) is 0. The van der Waals surface area contributed by atoms with Crippen LogP contribution in [0, 0.1) is 0 Å². The average Bonchev–Trinajstić information content (AvgIpc) is 2.72. The molecule has 2 rings (SSSR count). The molecular weight excluding hydrogens is 307 g/mol. The molecule has 0 saturated carbocycles. The topological polar surface area (TPSA) is 51.2 Å². The molecule has 6 heteroatoms. The summed E-state index contributed by atoms with van der Waals surface area (Å²) in [6, 6.07) is 0. The van der Waals surface area contributed by atoms with Crippen molar-refractivity contribution in [1.82, 2.24) is 4.98 Å². The molecule has 1 saturated heterocycles. The summed E-state index contributed by atoms with van der Waals surface area (Å²) >= 11 is 9.28. The van der Waals surface area contributed by atoms with Gasteiger partial charge in [0.15, 0.2) is 0 Å². The lowest BCUT2D eigenvalue weighted by Crippen LogP contribution is -2.27. The van der Waals surface area contributed by atoms with Gasteiger partial charge in [0.05, 0.1) is 27.5 Å². The summed E-state index contributed by atoms with van der Waals surface area (Å²) < 4.78 is 6.13. The van der Waals surface area contributed by atoms with Crippen molar-refractivity contribution in [3.63, 3.8) is 0 Å². The number of ether oxygens (including phenoxy) is 1. The quantitative estimate of drug-likeness (QED) is 0.911. The molecule has 1 aromatic rings. The number of carbonyl (C=O) groups excluding carboxylic acids is 1. The Kier molecular flexibility index (Phi) is 4.01. The first-order chi connectivity index (χ1) is 8.08. The number of rotatable bonds is 2. The summed E-state index contributed by atoms with van der Waals surface area (Å²) in [5, 5.41) is 3.17. The van der Waals surface area contributed by atoms with Gasteiger partial charge < -0.3 is 10.1 Å². The molecule has 0 radical (unpaired) electrons. The number of hydrogen-bond acceptors (Lipinski definition) is 3. The molecule has 92 valence electrons. The van der Waals surface area contributed by atoms with Crippen LogP contribution in [0.2, 0.25) is 5.02 Å². The molecule has 2 heterocycles. The number of nitrogens with one attached hydrogen (secondary N) is 1. The fourth-order valence-electron chi connectivity index (χ4n) is 1.72. The smallest absolute Gasteiger partial charge is 0.253 e. The first-order valence-electron chi connectivity index (χ1n) is 5.33. The predicted molar refractivity (Wildman–Crippen MR) is 69.1 cm³/mol. The maximum Gasteiger partial charge on any atom is 0.253 e. The standard InChI is InChI=1S/C11H12BrClN2O2/c1-6-2-3-9(17-6)11(16)15-8-5-14-4-7(12)10(8)13/h4-6,9H,2-3H2,1H3,(H,15,16)/t6-,9+/m1/s1. The molecule has 1 aliphatic rings. The first kappa shape index (κ1) is 12.8. The summed E-state index contributed by atoms with van der Waals surface area (Å²) in [6.07, 6.45) is 4.49. The molecule has 0 spiro atoms. The third kappa shape index (κ3) is 2.97. The lowest BCUT2D eigenvalue weighted by Gasteiger charge is -2.12. The Morgan fingerprint density at radius 3 is 3.00 bits per heavy atom. The molecule has 1 amide bonds. The van der Waals surface area contributed by atoms with E-state index in [2.05, 4.69) is 26.2 Å². The molecule has 0 bridgehead atoms. The van der Waals surface area contributed by atoms with Crippen molar-refractivity contribution in [2.24, 2.45) is 0 Å². The lowest BCUT2D eigenvalue weighted by atomic mass is 10.2. The van der Waals surface area contributed by atoms with Crippen LogP contribution in [0.25, 0.3) is 0 Å². The number of carbonyl (C=O) groups is 1. The summed E-state index contributed by atoms with van der Waals surface area (Å²) in [5.41, 5.74) is 0.495. The van der Waals surface area contributed by atoms with Crippen LogP contribution in [-0.4, -0.2) is 23.1 Å². The number of halogens is 2. The van der Waals surface area contributed by atoms with Crippen LogP contribution in [0.4, 0.5) is 5.69 Å². The van der Waals surface area contributed by atoms with Gasteiger partial charge in [0.2, 0.25) is 0 Å². The highest BCUT2D eigenvalue weighted by molar-refractivity contribution is 9.10. The lowest BCUT2D eigenvalue weighted by molar-refractivity contribution is -0.126. The molecule has 1 fully saturated rings. The molecule has 4 nitrogen and oxygen atoms in total. The van der Waals surface area contributed by atoms with Crippen LogP contribution in [0.5, 0.6) is 0 Å². The largest absolute Gasteiger partial charge is 0.365 e. The van der Waals surface area contributed by atoms with E-state index < -0.39 is 0 Å². The zero-order valence-corrected chi connectivity index (χ0v) is 11.6. The molecule has 1 aliphatic heterocycles. The first-order valence-corrected chi connectivity index (χ1v) is 6.50. The van der Waals surface area contributed by atoms with Gasteiger partial charge in [0.1, 0.15) is 6.10 Å². The zero-order valence-electron chi connectivity index (χ0n) is 9.24. The van der Waals surface area contributed by atoms with E-state index in [-0.39, 0.29) is 18.1 Å². The summed E-state index contributed by atoms with van der Waals surface area (Å²) in [4.78, 5) is 15.8. The number of pyridine rings is 1. The van der Waals surface area contributed by atoms with Crippen LogP contribution in [0.15, 0.2) is 16.9 Å². The zero-order chi connectivity index (χ0) is 12.4. The summed E-state index contributed by atoms with van der Waals surface area (Å²) in [5.74, 6) is -0.170. The maximum atomic E-state index is 11.9. The second-order valence-electron chi connectivity index (χ2n) is 3.98. The molecule has 0 unspecified atom stereocenters. The Labute approximate surface area is 113 Å². The highest BCUT2D eigenvalue weighted by Crippen LogP contribution is 2.29. The fourth-order valence-corrected chi connectivity index (χ4v) is 2.19. The third-order valence-corrected chi connectivity index (χ3v) is 3.86. The van der Waals surface area contributed by atoms with Gasteiger partial charge in [-0.3, -0.25) is 9.78 Å². The fraction of sp³-hybridized carbons (Fsp3) is 0.455. The van der Waals surface area contributed by atoms with E-state index in [4.69, 9.17) is 16.3 Å². The van der Waals surface area contributed by atoms with Crippen LogP contribution in [0.1, 0.15) is 19.8 Å². The van der Waals surface area contributed by atoms with E-state index in [0.717, 1.165) is 12.8 Å². The van der Waals surface area contributed by atoms with Crippen molar-refractivity contribution in [3.8, 4) is 0 Å². The van der Waals surface area contributed by atoms with Crippen molar-refractivity contribution < 1.29 is 9.53 Å². The van der Waals surface area contributed by atoms with Crippen molar-refractivity contribution >= 4 is 39.1 Å². The van der Waals surface area contributed by atoms with Crippen molar-refractivity contribution in [3.05, 3.63) is 21.9 Å². The van der Waals surface area contributed by atoms with E-state index in [1.54, 1.807) is 6.20 Å². The second kappa shape index (κ2) is 5.33. The van der Waals surface area contributed by atoms with E-state index in [1.807, 2.05) is 6.92 Å². The van der Waals surface area contributed by atoms with Crippen LogP contribution in [0.3, 0.4) is 0 Å². The maximum absolute atomic E-state index is 11.9. The highest BCUT2D eigenvalue weighted by Gasteiger charge is 2.28. The van der Waals surface area contributed by atoms with E-state index in [9.17, 15) is 4.79 Å². The minimum absolute atomic E-state index is 0.141. The number of anilines is 1. The third-order valence-electron chi connectivity index (χ3n) is 2.62. The SMILES string of the molecule is C[C@@H]1CC[C@@H](C(=O)Nc2cncc(Br)c2Cl)O1. The Bertz CT molecular complexity index is 441. The molecule has 0 aliphatic carbocycles. The molecule has 1 aromatic heterocycles. The number of nitrogens with zero attached hydrogens (tertiary/aromatic N) is 1. The Morgan fingerprint density at radius 1 is 1.59 bits per heavy atom. The monoisotopic (exact) mass is 318 g/mol. The molecule has 1 N–H and O–H groups in total. The molecular formula is C11H12BrClN2O2. The van der Waals surface area contributed by atoms with Crippen molar-refractivity contribution in [2.45, 2.75) is 32.0 Å². The van der Waals surface area contributed by atoms with Gasteiger partial charge in [-0.1, -0.05) is 11.6 Å². The van der Waals surface area contributed by atoms with Gasteiger partial charge >= 0.3 is 0 Å². The molecule has 0 aromatic carbocycles. The van der Waals surface area contributed by atoms with Crippen molar-refractivity contribution in [1.29, 1.82) is 0 Å². The molecule has 2 atom stereocenters. The van der Waals surface area contributed by atoms with Gasteiger partial charge in [0.25, 0.3) is 5.91 Å². The van der Waals surface area contributed by atoms with Crippen LogP contribution < -0.4 is 5.32 Å². The van der Waals surface area contributed by atoms with Gasteiger partial charge in [-0.25, -0.2) is 0 Å². The van der Waals surface area contributed by atoms with Crippen LogP contribution in [-0.2, 0) is 9.53 Å². The minimum atomic E-state index is -0.389. The highest BCUT2D eigenvalue weighted by atomic mass is 79.9. The Hall–Kier alpha value is -0.650. The average molecular weight is 320 g/mol. The minimum Gasteiger partial charge on any atom is -0.365 e. The number of hydrogen-bond donors (Lipinski definition) is 1. The normalized spacial score (nSPS) is 23.7. The second-order valence-corrected chi connectivity index (χ2v) is 5.22. The van der Waals surface area contributed by atoms with Gasteiger partial charge in [-0.15, -0.1) is 0 Å². The Balaban J connectivity index is 2.06.